The highest BCUT2D eigenvalue weighted by Crippen LogP contribution is 2.37. The van der Waals surface area contributed by atoms with E-state index in [0.717, 1.165) is 25.3 Å². The van der Waals surface area contributed by atoms with E-state index in [1.807, 2.05) is 33.9 Å². The molecular formula is C23H36N2O10Si. The minimum atomic E-state index is -2.36. The zero-order valence-electron chi connectivity index (χ0n) is 22.3. The molecule has 2 unspecified atom stereocenters. The van der Waals surface area contributed by atoms with E-state index in [-0.39, 0.29) is 17.2 Å². The lowest BCUT2D eigenvalue weighted by molar-refractivity contribution is -0.394. The number of esters is 2. The maximum Gasteiger partial charge on any atom is 0.335 e. The van der Waals surface area contributed by atoms with Gasteiger partial charge in [0.25, 0.3) is 11.4 Å². The van der Waals surface area contributed by atoms with Crippen molar-refractivity contribution in [2.24, 2.45) is 5.92 Å². The fraction of sp³-hybridized carbons (Fsp3) is 0.652. The second-order valence-corrected chi connectivity index (χ2v) is 15.6. The van der Waals surface area contributed by atoms with E-state index in [2.05, 4.69) is 0 Å². The van der Waals surface area contributed by atoms with Crippen LogP contribution < -0.4 is 0 Å². The number of hydrogen-bond acceptors (Lipinski definition) is 10. The Bertz CT molecular complexity index is 950. The van der Waals surface area contributed by atoms with Crippen molar-refractivity contribution < 1.29 is 38.1 Å². The third-order valence-electron chi connectivity index (χ3n) is 5.75. The second-order valence-electron chi connectivity index (χ2n) is 10.8. The summed E-state index contributed by atoms with van der Waals surface area (Å²) in [5.74, 6) is -2.86. The van der Waals surface area contributed by atoms with E-state index in [1.54, 1.807) is 20.8 Å². The van der Waals surface area contributed by atoms with Gasteiger partial charge in [0.15, 0.2) is 14.4 Å². The lowest BCUT2D eigenvalue weighted by atomic mass is 10.0. The highest BCUT2D eigenvalue weighted by Gasteiger charge is 2.43. The SMILES string of the molecule is COC(=O)C(OCc1cc([N+](=O)[O-])cc([N+](=O)[O-])c1)C(CO[Si](C)(C)C(C)(C)C)C(=O)OC(C)(C)C. The molecule has 0 N–H and O–H groups in total. The summed E-state index contributed by atoms with van der Waals surface area (Å²) in [4.78, 5) is 46.7. The molecule has 1 rings (SSSR count). The van der Waals surface area contributed by atoms with Gasteiger partial charge in [0.2, 0.25) is 0 Å². The molecule has 36 heavy (non-hydrogen) atoms. The topological polar surface area (TPSA) is 157 Å². The fourth-order valence-corrected chi connectivity index (χ4v) is 3.80. The maximum atomic E-state index is 13.1. The van der Waals surface area contributed by atoms with Crippen LogP contribution in [0.15, 0.2) is 18.2 Å². The van der Waals surface area contributed by atoms with Crippen molar-refractivity contribution in [3.63, 3.8) is 0 Å². The summed E-state index contributed by atoms with van der Waals surface area (Å²) in [5, 5.41) is 22.2. The van der Waals surface area contributed by atoms with Crippen molar-refractivity contribution in [2.75, 3.05) is 13.7 Å². The van der Waals surface area contributed by atoms with Crippen LogP contribution in [0.2, 0.25) is 18.1 Å². The summed E-state index contributed by atoms with van der Waals surface area (Å²) in [7, 11) is -1.23. The molecule has 0 aliphatic heterocycles. The molecule has 0 radical (unpaired) electrons. The van der Waals surface area contributed by atoms with Gasteiger partial charge >= 0.3 is 11.9 Å². The van der Waals surface area contributed by atoms with Gasteiger partial charge in [-0.3, -0.25) is 25.0 Å². The highest BCUT2D eigenvalue weighted by atomic mass is 28.4. The molecule has 0 aliphatic carbocycles. The number of nitrogens with zero attached hydrogens (tertiary/aromatic N) is 2. The van der Waals surface area contributed by atoms with Crippen molar-refractivity contribution in [1.29, 1.82) is 0 Å². The number of nitro groups is 2. The average Bonchev–Trinajstić information content (AvgIpc) is 2.72. The number of carbonyl (C=O) groups is 2. The van der Waals surface area contributed by atoms with Gasteiger partial charge in [-0.1, -0.05) is 20.8 Å². The zero-order chi connectivity index (χ0) is 28.1. The quantitative estimate of drug-likeness (QED) is 0.173. The third-order valence-corrected chi connectivity index (χ3v) is 10.3. The highest BCUT2D eigenvalue weighted by molar-refractivity contribution is 6.74. The smallest absolute Gasteiger partial charge is 0.335 e. The molecule has 12 nitrogen and oxygen atoms in total. The van der Waals surface area contributed by atoms with E-state index in [4.69, 9.17) is 18.6 Å². The predicted molar refractivity (Wildman–Crippen MR) is 133 cm³/mol. The summed E-state index contributed by atoms with van der Waals surface area (Å²) in [6.07, 6.45) is -1.49. The Kier molecular flexibility index (Phi) is 10.3. The van der Waals surface area contributed by atoms with Crippen LogP contribution in [-0.2, 0) is 34.8 Å². The maximum absolute atomic E-state index is 13.1. The Morgan fingerprint density at radius 3 is 1.83 bits per heavy atom. The van der Waals surface area contributed by atoms with E-state index < -0.39 is 65.7 Å². The van der Waals surface area contributed by atoms with E-state index >= 15 is 0 Å². The van der Waals surface area contributed by atoms with Gasteiger partial charge in [0, 0.05) is 12.1 Å². The first-order valence-electron chi connectivity index (χ1n) is 11.3. The van der Waals surface area contributed by atoms with Crippen molar-refractivity contribution in [3.05, 3.63) is 44.0 Å². The van der Waals surface area contributed by atoms with E-state index in [9.17, 15) is 29.8 Å². The minimum Gasteiger partial charge on any atom is -0.467 e. The Morgan fingerprint density at radius 2 is 1.44 bits per heavy atom. The molecule has 0 heterocycles. The zero-order valence-corrected chi connectivity index (χ0v) is 23.3. The number of rotatable bonds is 11. The Morgan fingerprint density at radius 1 is 0.944 bits per heavy atom. The van der Waals surface area contributed by atoms with Crippen LogP contribution in [0.3, 0.4) is 0 Å². The molecule has 202 valence electrons. The molecule has 0 fully saturated rings. The molecule has 1 aromatic rings. The van der Waals surface area contributed by atoms with Gasteiger partial charge in [0.05, 0.1) is 36.2 Å². The minimum absolute atomic E-state index is 0.0676. The molecule has 0 saturated heterocycles. The van der Waals surface area contributed by atoms with Gasteiger partial charge < -0.3 is 18.6 Å². The number of hydrogen-bond donors (Lipinski definition) is 0. The van der Waals surface area contributed by atoms with Gasteiger partial charge in [-0.25, -0.2) is 4.79 Å². The van der Waals surface area contributed by atoms with Crippen molar-refractivity contribution in [1.82, 2.24) is 0 Å². The summed E-state index contributed by atoms with van der Waals surface area (Å²) in [6, 6.07) is 3.00. The largest absolute Gasteiger partial charge is 0.467 e. The predicted octanol–water partition coefficient (Wildman–Crippen LogP) is 4.54. The lowest BCUT2D eigenvalue weighted by Crippen LogP contribution is -2.48. The van der Waals surface area contributed by atoms with Crippen LogP contribution >= 0.6 is 0 Å². The van der Waals surface area contributed by atoms with Gasteiger partial charge in [0.1, 0.15) is 11.5 Å². The number of methoxy groups -OCH3 is 1. The molecule has 0 amide bonds. The molecule has 0 saturated carbocycles. The first-order valence-corrected chi connectivity index (χ1v) is 14.2. The van der Waals surface area contributed by atoms with Gasteiger partial charge in [-0.05, 0) is 44.5 Å². The van der Waals surface area contributed by atoms with Crippen LogP contribution in [0.1, 0.15) is 47.1 Å². The van der Waals surface area contributed by atoms with E-state index in [1.165, 1.54) is 0 Å². The summed E-state index contributed by atoms with van der Waals surface area (Å²) < 4.78 is 22.3. The van der Waals surface area contributed by atoms with Crippen molar-refractivity contribution >= 4 is 31.6 Å². The van der Waals surface area contributed by atoms with Gasteiger partial charge in [-0.15, -0.1) is 0 Å². The first-order chi connectivity index (χ1) is 16.3. The van der Waals surface area contributed by atoms with Crippen LogP contribution in [0.5, 0.6) is 0 Å². The molecule has 1 aromatic carbocycles. The fourth-order valence-electron chi connectivity index (χ4n) is 2.77. The Hall–Kier alpha value is -2.90. The van der Waals surface area contributed by atoms with Crippen LogP contribution in [-0.4, -0.2) is 55.5 Å². The molecule has 0 aliphatic rings. The number of benzene rings is 1. The number of carbonyl (C=O) groups excluding carboxylic acids is 2. The molecule has 0 spiro atoms. The third kappa shape index (κ3) is 8.95. The Labute approximate surface area is 211 Å². The standard InChI is InChI=1S/C23H36N2O10Si/c1-22(2,3)35-20(26)18(14-34-36(8,9)23(4,5)6)19(21(27)32-7)33-13-15-10-16(24(28)29)12-17(11-15)25(30)31/h10-12,18-19H,13-14H2,1-9H3. The summed E-state index contributed by atoms with van der Waals surface area (Å²) in [6.45, 7) is 14.4. The molecule has 2 atom stereocenters. The summed E-state index contributed by atoms with van der Waals surface area (Å²) >= 11 is 0. The number of nitro benzene ring substituents is 2. The van der Waals surface area contributed by atoms with E-state index in [0.29, 0.717) is 0 Å². The van der Waals surface area contributed by atoms with Crippen LogP contribution in [0.25, 0.3) is 0 Å². The van der Waals surface area contributed by atoms with Crippen molar-refractivity contribution in [2.45, 2.75) is 78.0 Å². The average molecular weight is 529 g/mol. The monoisotopic (exact) mass is 528 g/mol. The first kappa shape index (κ1) is 31.1. The van der Waals surface area contributed by atoms with Gasteiger partial charge in [-0.2, -0.15) is 0 Å². The number of non-ortho nitro benzene ring substituents is 2. The molecule has 0 bridgehead atoms. The van der Waals surface area contributed by atoms with Crippen LogP contribution in [0, 0.1) is 26.1 Å². The number of ether oxygens (including phenoxy) is 3. The molecular weight excluding hydrogens is 492 g/mol. The lowest BCUT2D eigenvalue weighted by Gasteiger charge is -2.38. The van der Waals surface area contributed by atoms with Crippen molar-refractivity contribution in [3.8, 4) is 0 Å². The Balaban J connectivity index is 3.36. The normalized spacial score (nSPS) is 14.0. The summed E-state index contributed by atoms with van der Waals surface area (Å²) in [5.41, 5.74) is -1.82. The second kappa shape index (κ2) is 11.9. The molecule has 13 heteroatoms. The molecule has 0 aromatic heterocycles. The van der Waals surface area contributed by atoms with Crippen LogP contribution in [0.4, 0.5) is 11.4 Å².